The Balaban J connectivity index is 1.28. The second-order valence-electron chi connectivity index (χ2n) is 7.24. The summed E-state index contributed by atoms with van der Waals surface area (Å²) in [6.07, 6.45) is 6.44. The maximum absolute atomic E-state index is 12.8. The number of hydrogen-bond donors (Lipinski definition) is 2. The summed E-state index contributed by atoms with van der Waals surface area (Å²) < 4.78 is 0. The summed E-state index contributed by atoms with van der Waals surface area (Å²) in [6.45, 7) is 1.23. The van der Waals surface area contributed by atoms with Gasteiger partial charge in [-0.2, -0.15) is 0 Å². The summed E-state index contributed by atoms with van der Waals surface area (Å²) in [4.78, 5) is 34.9. The van der Waals surface area contributed by atoms with Crippen molar-refractivity contribution in [2.45, 2.75) is 18.9 Å². The highest BCUT2D eigenvalue weighted by Gasteiger charge is 2.24. The predicted molar refractivity (Wildman–Crippen MR) is 115 cm³/mol. The van der Waals surface area contributed by atoms with Crippen LogP contribution in [0.4, 0.5) is 10.5 Å². The maximum Gasteiger partial charge on any atom is 0.319 e. The summed E-state index contributed by atoms with van der Waals surface area (Å²) in [5, 5.41) is 5.82. The molecule has 1 aliphatic heterocycles. The number of nitrogens with zero attached hydrogens (tertiary/aromatic N) is 3. The van der Waals surface area contributed by atoms with Crippen LogP contribution in [0.25, 0.3) is 11.1 Å². The number of carbonyl (C=O) groups is 2. The second kappa shape index (κ2) is 9.17. The zero-order valence-corrected chi connectivity index (χ0v) is 16.5. The van der Waals surface area contributed by atoms with E-state index >= 15 is 0 Å². The third-order valence-corrected chi connectivity index (χ3v) is 5.17. The number of benzene rings is 2. The van der Waals surface area contributed by atoms with Gasteiger partial charge in [-0.15, -0.1) is 0 Å². The van der Waals surface area contributed by atoms with Crippen LogP contribution >= 0.6 is 0 Å². The van der Waals surface area contributed by atoms with Crippen LogP contribution in [0.2, 0.25) is 0 Å². The summed E-state index contributed by atoms with van der Waals surface area (Å²) in [5.41, 5.74) is 3.30. The first-order valence-corrected chi connectivity index (χ1v) is 9.96. The minimum Gasteiger partial charge on any atom is -0.338 e. The molecule has 3 aromatic rings. The third-order valence-electron chi connectivity index (χ3n) is 5.17. The molecular weight excluding hydrogens is 378 g/mol. The number of hydrogen-bond acceptors (Lipinski definition) is 4. The summed E-state index contributed by atoms with van der Waals surface area (Å²) >= 11 is 0. The van der Waals surface area contributed by atoms with E-state index in [0.29, 0.717) is 18.7 Å². The van der Waals surface area contributed by atoms with Crippen LogP contribution in [-0.2, 0) is 0 Å². The van der Waals surface area contributed by atoms with Crippen molar-refractivity contribution >= 4 is 17.6 Å². The first kappa shape index (κ1) is 19.6. The Hall–Kier alpha value is -3.74. The van der Waals surface area contributed by atoms with E-state index in [9.17, 15) is 9.59 Å². The molecule has 1 fully saturated rings. The first-order chi connectivity index (χ1) is 14.7. The second-order valence-corrected chi connectivity index (χ2v) is 7.24. The standard InChI is InChI=1S/C23H23N5O2/c29-22(18-8-6-17(7-9-18)19-14-24-16-25-15-19)28-12-10-21(11-13-28)27-23(30)26-20-4-2-1-3-5-20/h1-9,14-16,21H,10-13H2,(H2,26,27,30). The van der Waals surface area contributed by atoms with Crippen LogP contribution in [0, 0.1) is 0 Å². The van der Waals surface area contributed by atoms with Crippen molar-refractivity contribution in [1.82, 2.24) is 20.2 Å². The Kier molecular flexibility index (Phi) is 5.98. The molecule has 0 spiro atoms. The van der Waals surface area contributed by atoms with Gasteiger partial charge in [-0.1, -0.05) is 30.3 Å². The number of nitrogens with one attached hydrogen (secondary N) is 2. The first-order valence-electron chi connectivity index (χ1n) is 9.96. The normalized spacial score (nSPS) is 14.2. The average Bonchev–Trinajstić information content (AvgIpc) is 2.80. The van der Waals surface area contributed by atoms with Gasteiger partial charge in [-0.05, 0) is 42.7 Å². The molecule has 7 nitrogen and oxygen atoms in total. The van der Waals surface area contributed by atoms with E-state index in [0.717, 1.165) is 29.7 Å². The minimum absolute atomic E-state index is 0.0121. The van der Waals surface area contributed by atoms with E-state index in [-0.39, 0.29) is 18.0 Å². The molecule has 0 saturated carbocycles. The lowest BCUT2D eigenvalue weighted by Crippen LogP contribution is -2.47. The van der Waals surface area contributed by atoms with Crippen LogP contribution in [0.5, 0.6) is 0 Å². The Morgan fingerprint density at radius 3 is 2.20 bits per heavy atom. The van der Waals surface area contributed by atoms with E-state index in [1.165, 1.54) is 6.33 Å². The molecule has 2 heterocycles. The number of likely N-dealkylation sites (tertiary alicyclic amines) is 1. The fourth-order valence-corrected chi connectivity index (χ4v) is 3.54. The number of anilines is 1. The van der Waals surface area contributed by atoms with E-state index in [2.05, 4.69) is 20.6 Å². The Morgan fingerprint density at radius 2 is 1.53 bits per heavy atom. The van der Waals surface area contributed by atoms with Gasteiger partial charge in [-0.25, -0.2) is 14.8 Å². The molecule has 0 aliphatic carbocycles. The lowest BCUT2D eigenvalue weighted by Gasteiger charge is -2.32. The van der Waals surface area contributed by atoms with Crippen molar-refractivity contribution < 1.29 is 9.59 Å². The molecule has 0 atom stereocenters. The fourth-order valence-electron chi connectivity index (χ4n) is 3.54. The van der Waals surface area contributed by atoms with Crippen LogP contribution in [0.15, 0.2) is 73.3 Å². The molecule has 1 saturated heterocycles. The molecule has 0 radical (unpaired) electrons. The highest BCUT2D eigenvalue weighted by Crippen LogP contribution is 2.20. The number of rotatable bonds is 4. The molecule has 0 bridgehead atoms. The summed E-state index contributed by atoms with van der Waals surface area (Å²) in [6, 6.07) is 16.7. The van der Waals surface area contributed by atoms with Gasteiger partial charge < -0.3 is 15.5 Å². The van der Waals surface area contributed by atoms with Crippen molar-refractivity contribution in [3.63, 3.8) is 0 Å². The van der Waals surface area contributed by atoms with Crippen molar-refractivity contribution in [3.8, 4) is 11.1 Å². The zero-order valence-electron chi connectivity index (χ0n) is 16.5. The minimum atomic E-state index is -0.216. The van der Waals surface area contributed by atoms with Gasteiger partial charge in [0.25, 0.3) is 5.91 Å². The third kappa shape index (κ3) is 4.81. The van der Waals surface area contributed by atoms with Crippen molar-refractivity contribution in [3.05, 3.63) is 78.9 Å². The Morgan fingerprint density at radius 1 is 0.867 bits per heavy atom. The number of amides is 3. The molecule has 0 unspecified atom stereocenters. The highest BCUT2D eigenvalue weighted by atomic mass is 16.2. The highest BCUT2D eigenvalue weighted by molar-refractivity contribution is 5.95. The van der Waals surface area contributed by atoms with Gasteiger partial charge in [0, 0.05) is 48.3 Å². The quantitative estimate of drug-likeness (QED) is 0.700. The molecule has 2 N–H and O–H groups in total. The van der Waals surface area contributed by atoms with Crippen LogP contribution in [-0.4, -0.2) is 45.9 Å². The summed E-state index contributed by atoms with van der Waals surface area (Å²) in [7, 11) is 0. The Bertz CT molecular complexity index is 985. The average molecular weight is 401 g/mol. The maximum atomic E-state index is 12.8. The predicted octanol–water partition coefficient (Wildman–Crippen LogP) is 3.57. The number of carbonyl (C=O) groups excluding carboxylic acids is 2. The van der Waals surface area contributed by atoms with E-state index < -0.39 is 0 Å². The van der Waals surface area contributed by atoms with Gasteiger partial charge in [0.2, 0.25) is 0 Å². The van der Waals surface area contributed by atoms with Gasteiger partial charge in [0.15, 0.2) is 0 Å². The molecular formula is C23H23N5O2. The molecule has 3 amide bonds. The fraction of sp³-hybridized carbons (Fsp3) is 0.217. The number of urea groups is 1. The van der Waals surface area contributed by atoms with Gasteiger partial charge in [0.1, 0.15) is 6.33 Å². The molecule has 1 aliphatic rings. The van der Waals surface area contributed by atoms with Gasteiger partial charge in [-0.3, -0.25) is 4.79 Å². The van der Waals surface area contributed by atoms with Gasteiger partial charge >= 0.3 is 6.03 Å². The van der Waals surface area contributed by atoms with E-state index in [1.807, 2.05) is 59.5 Å². The Labute approximate surface area is 175 Å². The topological polar surface area (TPSA) is 87.2 Å². The number of aromatic nitrogens is 2. The molecule has 4 rings (SSSR count). The summed E-state index contributed by atoms with van der Waals surface area (Å²) in [5.74, 6) is 0.0121. The molecule has 152 valence electrons. The van der Waals surface area contributed by atoms with E-state index in [4.69, 9.17) is 0 Å². The van der Waals surface area contributed by atoms with Crippen LogP contribution in [0.1, 0.15) is 23.2 Å². The van der Waals surface area contributed by atoms with Gasteiger partial charge in [0.05, 0.1) is 0 Å². The van der Waals surface area contributed by atoms with Crippen molar-refractivity contribution in [1.29, 1.82) is 0 Å². The van der Waals surface area contributed by atoms with Crippen LogP contribution in [0.3, 0.4) is 0 Å². The number of piperidine rings is 1. The lowest BCUT2D eigenvalue weighted by atomic mass is 10.0. The monoisotopic (exact) mass is 401 g/mol. The van der Waals surface area contributed by atoms with Crippen molar-refractivity contribution in [2.24, 2.45) is 0 Å². The SMILES string of the molecule is O=C(Nc1ccccc1)NC1CCN(C(=O)c2ccc(-c3cncnc3)cc2)CC1. The molecule has 7 heteroatoms. The molecule has 1 aromatic heterocycles. The lowest BCUT2D eigenvalue weighted by molar-refractivity contribution is 0.0709. The van der Waals surface area contributed by atoms with Crippen molar-refractivity contribution in [2.75, 3.05) is 18.4 Å². The zero-order chi connectivity index (χ0) is 20.8. The van der Waals surface area contributed by atoms with Crippen LogP contribution < -0.4 is 10.6 Å². The van der Waals surface area contributed by atoms with E-state index in [1.54, 1.807) is 12.4 Å². The smallest absolute Gasteiger partial charge is 0.319 e. The number of para-hydroxylation sites is 1. The molecule has 30 heavy (non-hydrogen) atoms. The largest absolute Gasteiger partial charge is 0.338 e. The molecule has 2 aromatic carbocycles.